The Kier molecular flexibility index (Phi) is 6.02. The third-order valence-corrected chi connectivity index (χ3v) is 4.85. The minimum absolute atomic E-state index is 0.133. The standard InChI is InChI=1S/C17H18N4O7/c1-9(22)17(2)13(19-16(17)25)7-12(23)14(20-18)15(24)28-8-10-3-5-11(6-4-10)21(26)27/h3-6,9,13,22H,7-8H2,1-2H3,(H,19,25). The van der Waals surface area contributed by atoms with Gasteiger partial charge in [0.1, 0.15) is 6.61 Å². The third kappa shape index (κ3) is 3.95. The molecule has 0 bridgehead atoms. The average molecular weight is 390 g/mol. The molecule has 3 unspecified atom stereocenters. The molecule has 0 saturated carbocycles. The van der Waals surface area contributed by atoms with E-state index < -0.39 is 45.9 Å². The van der Waals surface area contributed by atoms with Crippen molar-refractivity contribution in [3.05, 3.63) is 45.5 Å². The van der Waals surface area contributed by atoms with E-state index in [1.807, 2.05) is 0 Å². The number of esters is 1. The molecule has 1 fully saturated rings. The van der Waals surface area contributed by atoms with Crippen LogP contribution in [0.1, 0.15) is 25.8 Å². The highest BCUT2D eigenvalue weighted by Gasteiger charge is 2.55. The number of hydrogen-bond acceptors (Lipinski definition) is 7. The largest absolute Gasteiger partial charge is 0.452 e. The molecule has 0 aromatic heterocycles. The Hall–Kier alpha value is -3.43. The number of carbonyl (C=O) groups is 3. The molecule has 28 heavy (non-hydrogen) atoms. The Balaban J connectivity index is 1.98. The predicted octanol–water partition coefficient (Wildman–Crippen LogP) is 0.153. The normalized spacial score (nSPS) is 21.5. The maximum Gasteiger partial charge on any atom is 0.441 e. The number of carbonyl (C=O) groups excluding carboxylic acids is 3. The molecule has 0 radical (unpaired) electrons. The number of ketones is 1. The molecule has 1 saturated heterocycles. The second-order valence-corrected chi connectivity index (χ2v) is 6.56. The molecule has 1 aliphatic heterocycles. The van der Waals surface area contributed by atoms with Crippen LogP contribution in [0.5, 0.6) is 0 Å². The molecule has 148 valence electrons. The molecule has 2 rings (SSSR count). The van der Waals surface area contributed by atoms with Crippen LogP contribution in [0.4, 0.5) is 5.69 Å². The summed E-state index contributed by atoms with van der Waals surface area (Å²) >= 11 is 0. The number of aliphatic hydroxyl groups excluding tert-OH is 1. The number of Topliss-reactive ketones (excluding diaryl/α,β-unsaturated/α-hetero) is 1. The molecule has 1 aromatic carbocycles. The molecule has 0 spiro atoms. The van der Waals surface area contributed by atoms with Crippen LogP contribution in [0.15, 0.2) is 24.3 Å². The molecular formula is C17H18N4O7. The lowest BCUT2D eigenvalue weighted by Crippen LogP contribution is -2.70. The van der Waals surface area contributed by atoms with E-state index in [2.05, 4.69) is 10.1 Å². The molecule has 3 atom stereocenters. The zero-order valence-electron chi connectivity index (χ0n) is 15.1. The lowest BCUT2D eigenvalue weighted by molar-refractivity contribution is -0.384. The zero-order valence-corrected chi connectivity index (χ0v) is 15.1. The first kappa shape index (κ1) is 20.9. The van der Waals surface area contributed by atoms with E-state index in [0.717, 1.165) is 0 Å². The van der Waals surface area contributed by atoms with Crippen LogP contribution in [-0.2, 0) is 25.7 Å². The van der Waals surface area contributed by atoms with Gasteiger partial charge in [-0.25, -0.2) is 4.79 Å². The number of amides is 1. The van der Waals surface area contributed by atoms with Crippen LogP contribution in [0.3, 0.4) is 0 Å². The number of nitro groups is 1. The molecule has 11 nitrogen and oxygen atoms in total. The van der Waals surface area contributed by atoms with Crippen molar-refractivity contribution in [1.29, 1.82) is 0 Å². The van der Waals surface area contributed by atoms with Gasteiger partial charge in [-0.2, -0.15) is 4.79 Å². The number of nitrogens with zero attached hydrogens (tertiary/aromatic N) is 3. The lowest BCUT2D eigenvalue weighted by Gasteiger charge is -2.47. The van der Waals surface area contributed by atoms with E-state index in [9.17, 15) is 29.6 Å². The molecule has 1 aromatic rings. The summed E-state index contributed by atoms with van der Waals surface area (Å²) in [6.45, 7) is 2.60. The second-order valence-electron chi connectivity index (χ2n) is 6.56. The van der Waals surface area contributed by atoms with E-state index in [0.29, 0.717) is 5.56 Å². The Morgan fingerprint density at radius 3 is 2.50 bits per heavy atom. The topological polar surface area (TPSA) is 172 Å². The number of benzene rings is 1. The zero-order chi connectivity index (χ0) is 21.1. The van der Waals surface area contributed by atoms with Gasteiger partial charge in [0, 0.05) is 18.6 Å². The highest BCUT2D eigenvalue weighted by molar-refractivity contribution is 6.62. The fourth-order valence-corrected chi connectivity index (χ4v) is 2.71. The first-order valence-electron chi connectivity index (χ1n) is 8.26. The number of rotatable bonds is 8. The molecule has 2 N–H and O–H groups in total. The van der Waals surface area contributed by atoms with E-state index in [4.69, 9.17) is 10.3 Å². The Labute approximate surface area is 159 Å². The maximum atomic E-state index is 12.3. The summed E-state index contributed by atoms with van der Waals surface area (Å²) < 4.78 is 4.90. The monoisotopic (exact) mass is 390 g/mol. The first-order valence-corrected chi connectivity index (χ1v) is 8.26. The van der Waals surface area contributed by atoms with E-state index >= 15 is 0 Å². The van der Waals surface area contributed by atoms with Crippen molar-refractivity contribution in [3.8, 4) is 0 Å². The number of non-ortho nitro benzene ring substituents is 1. The summed E-state index contributed by atoms with van der Waals surface area (Å²) in [7, 11) is 0. The number of β-lactam (4-membered cyclic amide) rings is 1. The number of nitrogens with one attached hydrogen (secondary N) is 1. The van der Waals surface area contributed by atoms with Crippen molar-refractivity contribution in [2.75, 3.05) is 0 Å². The molecule has 1 aliphatic rings. The average Bonchev–Trinajstić information content (AvgIpc) is 2.66. The molecule has 1 heterocycles. The summed E-state index contributed by atoms with van der Waals surface area (Å²) in [5, 5.41) is 22.8. The van der Waals surface area contributed by atoms with E-state index in [-0.39, 0.29) is 18.7 Å². The SMILES string of the molecule is CC(O)C1(C)C(=O)NC1CC(=O)C(=[N+]=[N-])C(=O)OCc1ccc([N+](=O)[O-])cc1. The predicted molar refractivity (Wildman–Crippen MR) is 92.9 cm³/mol. The molecule has 0 aliphatic carbocycles. The quantitative estimate of drug-likeness (QED) is 0.0929. The van der Waals surface area contributed by atoms with Gasteiger partial charge in [-0.3, -0.25) is 19.7 Å². The van der Waals surface area contributed by atoms with Crippen LogP contribution >= 0.6 is 0 Å². The summed E-state index contributed by atoms with van der Waals surface area (Å²) in [5.74, 6) is -2.48. The van der Waals surface area contributed by atoms with Crippen LogP contribution in [-0.4, -0.2) is 50.3 Å². The summed E-state index contributed by atoms with van der Waals surface area (Å²) in [6, 6.07) is 4.48. The van der Waals surface area contributed by atoms with Gasteiger partial charge in [0.25, 0.3) is 11.5 Å². The summed E-state index contributed by atoms with van der Waals surface area (Å²) in [5.41, 5.74) is 7.26. The fraction of sp³-hybridized carbons (Fsp3) is 0.412. The third-order valence-electron chi connectivity index (χ3n) is 4.85. The van der Waals surface area contributed by atoms with Crippen LogP contribution in [0.2, 0.25) is 0 Å². The van der Waals surface area contributed by atoms with Crippen LogP contribution in [0.25, 0.3) is 5.53 Å². The number of ether oxygens (including phenoxy) is 1. The van der Waals surface area contributed by atoms with Gasteiger partial charge >= 0.3 is 11.7 Å². The minimum atomic E-state index is -1.20. The number of nitro benzene ring substituents is 1. The van der Waals surface area contributed by atoms with Crippen molar-refractivity contribution in [2.24, 2.45) is 5.41 Å². The smallest absolute Gasteiger partial charge is 0.441 e. The van der Waals surface area contributed by atoms with Gasteiger partial charge in [-0.15, -0.1) is 0 Å². The van der Waals surface area contributed by atoms with E-state index in [1.54, 1.807) is 0 Å². The van der Waals surface area contributed by atoms with Gasteiger partial charge in [-0.05, 0) is 31.5 Å². The highest BCUT2D eigenvalue weighted by atomic mass is 16.6. The number of aliphatic hydroxyl groups is 1. The lowest BCUT2D eigenvalue weighted by atomic mass is 9.68. The van der Waals surface area contributed by atoms with Gasteiger partial charge in [0.15, 0.2) is 0 Å². The fourth-order valence-electron chi connectivity index (χ4n) is 2.71. The highest BCUT2D eigenvalue weighted by Crippen LogP contribution is 2.36. The summed E-state index contributed by atoms with van der Waals surface area (Å²) in [6.07, 6.45) is -1.39. The Bertz CT molecular complexity index is 874. The van der Waals surface area contributed by atoms with Crippen LogP contribution in [0, 0.1) is 15.5 Å². The van der Waals surface area contributed by atoms with Crippen molar-refractivity contribution in [1.82, 2.24) is 5.32 Å². The van der Waals surface area contributed by atoms with Gasteiger partial charge in [0.2, 0.25) is 5.91 Å². The van der Waals surface area contributed by atoms with Crippen molar-refractivity contribution in [2.45, 2.75) is 39.0 Å². The Morgan fingerprint density at radius 1 is 1.43 bits per heavy atom. The summed E-state index contributed by atoms with van der Waals surface area (Å²) in [4.78, 5) is 48.7. The van der Waals surface area contributed by atoms with Crippen LogP contribution < -0.4 is 5.32 Å². The first-order chi connectivity index (χ1) is 13.1. The Morgan fingerprint density at radius 2 is 2.04 bits per heavy atom. The molecule has 11 heteroatoms. The molecular weight excluding hydrogens is 372 g/mol. The van der Waals surface area contributed by atoms with E-state index in [1.165, 1.54) is 38.1 Å². The maximum absolute atomic E-state index is 12.3. The molecule has 1 amide bonds. The van der Waals surface area contributed by atoms with Gasteiger partial charge in [0.05, 0.1) is 22.5 Å². The minimum Gasteiger partial charge on any atom is -0.452 e. The van der Waals surface area contributed by atoms with Crippen molar-refractivity contribution in [3.63, 3.8) is 0 Å². The van der Waals surface area contributed by atoms with Gasteiger partial charge in [-0.1, -0.05) is 0 Å². The number of hydrogen-bond donors (Lipinski definition) is 2. The van der Waals surface area contributed by atoms with Crippen molar-refractivity contribution < 1.29 is 33.9 Å². The van der Waals surface area contributed by atoms with Crippen molar-refractivity contribution >= 4 is 29.1 Å². The second kappa shape index (κ2) is 8.07. The van der Waals surface area contributed by atoms with Gasteiger partial charge < -0.3 is 20.7 Å².